The molecule has 106 valence electrons. The van der Waals surface area contributed by atoms with Crippen LogP contribution >= 0.6 is 0 Å². The van der Waals surface area contributed by atoms with Gasteiger partial charge in [0.1, 0.15) is 6.10 Å². The van der Waals surface area contributed by atoms with Gasteiger partial charge in [0.15, 0.2) is 12.4 Å². The Labute approximate surface area is 116 Å². The van der Waals surface area contributed by atoms with Crippen LogP contribution in [-0.4, -0.2) is 36.2 Å². The maximum absolute atomic E-state index is 11.5. The highest BCUT2D eigenvalue weighted by Gasteiger charge is 2.44. The number of aliphatic hydroxyl groups is 1. The summed E-state index contributed by atoms with van der Waals surface area (Å²) in [5, 5.41) is 10.2. The number of carbonyl (C=O) groups is 1. The molecule has 3 atom stereocenters. The number of hydrogen-bond acceptors (Lipinski definition) is 5. The van der Waals surface area contributed by atoms with E-state index in [0.717, 1.165) is 5.56 Å². The predicted molar refractivity (Wildman–Crippen MR) is 69.6 cm³/mol. The maximum atomic E-state index is 11.5. The van der Waals surface area contributed by atoms with Crippen molar-refractivity contribution in [2.75, 3.05) is 6.61 Å². The zero-order valence-corrected chi connectivity index (χ0v) is 11.1. The van der Waals surface area contributed by atoms with E-state index in [1.807, 2.05) is 30.3 Å². The maximum Gasteiger partial charge on any atom is 0.334 e. The number of benzene rings is 1. The molecule has 0 spiro atoms. The third-order valence-corrected chi connectivity index (χ3v) is 3.61. The van der Waals surface area contributed by atoms with E-state index < -0.39 is 24.5 Å². The van der Waals surface area contributed by atoms with E-state index in [1.165, 1.54) is 0 Å². The van der Waals surface area contributed by atoms with Crippen molar-refractivity contribution in [1.29, 1.82) is 0 Å². The number of hydrogen-bond donors (Lipinski definition) is 1. The smallest absolute Gasteiger partial charge is 0.334 e. The van der Waals surface area contributed by atoms with E-state index in [-0.39, 0.29) is 6.61 Å². The Balaban J connectivity index is 1.64. The topological polar surface area (TPSA) is 65.0 Å². The summed E-state index contributed by atoms with van der Waals surface area (Å²) in [4.78, 5) is 11.5. The van der Waals surface area contributed by atoms with Gasteiger partial charge < -0.3 is 19.3 Å². The highest BCUT2D eigenvalue weighted by Crippen LogP contribution is 2.31. The fourth-order valence-electron chi connectivity index (χ4n) is 2.40. The van der Waals surface area contributed by atoms with Gasteiger partial charge in [0.05, 0.1) is 13.2 Å². The van der Waals surface area contributed by atoms with Crippen LogP contribution in [0.4, 0.5) is 0 Å². The molecule has 2 aliphatic rings. The summed E-state index contributed by atoms with van der Waals surface area (Å²) in [6.07, 6.45) is -2.43. The molecule has 0 radical (unpaired) electrons. The summed E-state index contributed by atoms with van der Waals surface area (Å²) >= 11 is 0. The molecule has 0 aromatic heterocycles. The third-order valence-electron chi connectivity index (χ3n) is 3.61. The molecule has 2 aliphatic heterocycles. The minimum absolute atomic E-state index is 0.249. The Morgan fingerprint density at radius 3 is 2.85 bits per heavy atom. The Hall–Kier alpha value is -1.69. The largest absolute Gasteiger partial charge is 0.451 e. The van der Waals surface area contributed by atoms with Crippen molar-refractivity contribution in [3.8, 4) is 0 Å². The van der Waals surface area contributed by atoms with E-state index in [4.69, 9.17) is 14.2 Å². The average Bonchev–Trinajstić information content (AvgIpc) is 2.76. The summed E-state index contributed by atoms with van der Waals surface area (Å²) in [6.45, 7) is 2.26. The van der Waals surface area contributed by atoms with Crippen LogP contribution in [-0.2, 0) is 25.6 Å². The highest BCUT2D eigenvalue weighted by molar-refractivity contribution is 5.91. The molecule has 5 nitrogen and oxygen atoms in total. The summed E-state index contributed by atoms with van der Waals surface area (Å²) < 4.78 is 16.2. The second-order valence-corrected chi connectivity index (χ2v) is 4.94. The zero-order valence-electron chi connectivity index (χ0n) is 11.1. The van der Waals surface area contributed by atoms with Gasteiger partial charge in [-0.05, 0) is 12.5 Å². The number of aliphatic hydroxyl groups excluding tert-OH is 1. The van der Waals surface area contributed by atoms with Gasteiger partial charge >= 0.3 is 5.97 Å². The minimum Gasteiger partial charge on any atom is -0.451 e. The van der Waals surface area contributed by atoms with E-state index >= 15 is 0 Å². The Morgan fingerprint density at radius 1 is 1.35 bits per heavy atom. The number of ether oxygens (including phenoxy) is 3. The fourth-order valence-corrected chi connectivity index (χ4v) is 2.40. The zero-order chi connectivity index (χ0) is 14.1. The van der Waals surface area contributed by atoms with E-state index in [9.17, 15) is 9.90 Å². The fraction of sp³-hybridized carbons (Fsp3) is 0.400. The molecule has 1 aromatic carbocycles. The first kappa shape index (κ1) is 13.3. The van der Waals surface area contributed by atoms with Crippen molar-refractivity contribution in [2.45, 2.75) is 32.0 Å². The van der Waals surface area contributed by atoms with Gasteiger partial charge in [-0.2, -0.15) is 0 Å². The minimum atomic E-state index is -0.996. The normalized spacial score (nSPS) is 29.3. The summed E-state index contributed by atoms with van der Waals surface area (Å²) in [6, 6.07) is 9.62. The van der Waals surface area contributed by atoms with Crippen LogP contribution in [0.2, 0.25) is 0 Å². The molecule has 5 heteroatoms. The lowest BCUT2D eigenvalue weighted by Gasteiger charge is -2.33. The molecule has 0 aliphatic carbocycles. The van der Waals surface area contributed by atoms with E-state index in [0.29, 0.717) is 17.8 Å². The van der Waals surface area contributed by atoms with Crippen molar-refractivity contribution in [1.82, 2.24) is 0 Å². The highest BCUT2D eigenvalue weighted by atomic mass is 16.7. The van der Waals surface area contributed by atoms with Gasteiger partial charge in [-0.15, -0.1) is 0 Å². The molecule has 2 heterocycles. The van der Waals surface area contributed by atoms with Crippen LogP contribution in [0, 0.1) is 0 Å². The number of carbonyl (C=O) groups excluding carboxylic acids is 1. The van der Waals surface area contributed by atoms with Gasteiger partial charge in [0.2, 0.25) is 0 Å². The lowest BCUT2D eigenvalue weighted by molar-refractivity contribution is -0.232. The monoisotopic (exact) mass is 276 g/mol. The Bertz CT molecular complexity index is 536. The summed E-state index contributed by atoms with van der Waals surface area (Å²) in [5.41, 5.74) is 2.22. The molecule has 0 saturated carbocycles. The SMILES string of the molecule is CC1=C2CO[C@H](OCc3ccccc3)[C@@H](O)[C@@H]2OC1=O. The second kappa shape index (κ2) is 5.36. The van der Waals surface area contributed by atoms with Gasteiger partial charge in [-0.25, -0.2) is 4.79 Å². The van der Waals surface area contributed by atoms with E-state index in [1.54, 1.807) is 6.92 Å². The number of esters is 1. The van der Waals surface area contributed by atoms with Crippen molar-refractivity contribution in [3.05, 3.63) is 47.0 Å². The molecule has 1 saturated heterocycles. The molecule has 1 aromatic rings. The van der Waals surface area contributed by atoms with Crippen LogP contribution in [0.5, 0.6) is 0 Å². The van der Waals surface area contributed by atoms with Gasteiger partial charge in [0, 0.05) is 11.1 Å². The third kappa shape index (κ3) is 2.35. The molecule has 20 heavy (non-hydrogen) atoms. The first-order valence-electron chi connectivity index (χ1n) is 6.52. The summed E-state index contributed by atoms with van der Waals surface area (Å²) in [5.74, 6) is -0.392. The molecular formula is C15H16O5. The number of fused-ring (bicyclic) bond motifs is 1. The van der Waals surface area contributed by atoms with Crippen LogP contribution in [0.3, 0.4) is 0 Å². The second-order valence-electron chi connectivity index (χ2n) is 4.94. The standard InChI is InChI=1S/C15H16O5/c1-9-11-8-19-15(12(16)13(11)20-14(9)17)18-7-10-5-3-2-4-6-10/h2-6,12-13,15-16H,7-8H2,1H3/t12-,13+,15-/m0/s1. The van der Waals surface area contributed by atoms with Crippen LogP contribution < -0.4 is 0 Å². The van der Waals surface area contributed by atoms with Gasteiger partial charge in [-0.1, -0.05) is 30.3 Å². The molecular weight excluding hydrogens is 260 g/mol. The first-order valence-corrected chi connectivity index (χ1v) is 6.52. The lowest BCUT2D eigenvalue weighted by atomic mass is 10.00. The van der Waals surface area contributed by atoms with Crippen molar-refractivity contribution >= 4 is 5.97 Å². The van der Waals surface area contributed by atoms with Crippen molar-refractivity contribution in [2.24, 2.45) is 0 Å². The quantitative estimate of drug-likeness (QED) is 0.839. The number of rotatable bonds is 3. The van der Waals surface area contributed by atoms with Crippen LogP contribution in [0.1, 0.15) is 12.5 Å². The Morgan fingerprint density at radius 2 is 2.10 bits per heavy atom. The van der Waals surface area contributed by atoms with Crippen LogP contribution in [0.15, 0.2) is 41.5 Å². The molecule has 0 bridgehead atoms. The molecule has 3 rings (SSSR count). The van der Waals surface area contributed by atoms with Crippen LogP contribution in [0.25, 0.3) is 0 Å². The Kier molecular flexibility index (Phi) is 3.56. The molecule has 1 N–H and O–H groups in total. The molecule has 1 fully saturated rings. The van der Waals surface area contributed by atoms with Gasteiger partial charge in [-0.3, -0.25) is 0 Å². The lowest BCUT2D eigenvalue weighted by Crippen LogP contribution is -2.47. The van der Waals surface area contributed by atoms with E-state index in [2.05, 4.69) is 0 Å². The average molecular weight is 276 g/mol. The van der Waals surface area contributed by atoms with Gasteiger partial charge in [0.25, 0.3) is 0 Å². The van der Waals surface area contributed by atoms with Crippen molar-refractivity contribution in [3.63, 3.8) is 0 Å². The first-order chi connectivity index (χ1) is 9.66. The molecule has 0 unspecified atom stereocenters. The van der Waals surface area contributed by atoms with Crippen molar-refractivity contribution < 1.29 is 24.1 Å². The molecule has 0 amide bonds. The predicted octanol–water partition coefficient (Wildman–Crippen LogP) is 1.16. The summed E-state index contributed by atoms with van der Waals surface area (Å²) in [7, 11) is 0.